The van der Waals surface area contributed by atoms with Crippen molar-refractivity contribution < 1.29 is 9.53 Å². The highest BCUT2D eigenvalue weighted by Gasteiger charge is 2.26. The van der Waals surface area contributed by atoms with E-state index in [1.54, 1.807) is 23.8 Å². The summed E-state index contributed by atoms with van der Waals surface area (Å²) < 4.78 is 6.81. The lowest BCUT2D eigenvalue weighted by Gasteiger charge is -2.30. The Morgan fingerprint density at radius 2 is 2.10 bits per heavy atom. The molecule has 4 rings (SSSR count). The highest BCUT2D eigenvalue weighted by atomic mass is 32.2. The van der Waals surface area contributed by atoms with Crippen LogP contribution in [0.5, 0.6) is 5.75 Å². The van der Waals surface area contributed by atoms with Gasteiger partial charge in [0.25, 0.3) is 5.56 Å². The molecule has 1 aliphatic rings. The van der Waals surface area contributed by atoms with E-state index in [-0.39, 0.29) is 17.5 Å². The lowest BCUT2D eigenvalue weighted by atomic mass is 10.0. The Morgan fingerprint density at radius 3 is 2.90 bits per heavy atom. The first kappa shape index (κ1) is 20.9. The van der Waals surface area contributed by atoms with Crippen LogP contribution in [0, 0.1) is 0 Å². The molecule has 0 aliphatic carbocycles. The summed E-state index contributed by atoms with van der Waals surface area (Å²) in [4.78, 5) is 32.5. The van der Waals surface area contributed by atoms with Crippen molar-refractivity contribution in [3.05, 3.63) is 63.5 Å². The van der Waals surface area contributed by atoms with Gasteiger partial charge >= 0.3 is 0 Å². The summed E-state index contributed by atoms with van der Waals surface area (Å²) in [7, 11) is 1.66. The summed E-state index contributed by atoms with van der Waals surface area (Å²) in [6.45, 7) is 0.789. The second-order valence-electron chi connectivity index (χ2n) is 7.36. The van der Waals surface area contributed by atoms with Gasteiger partial charge in [-0.05, 0) is 30.5 Å². The van der Waals surface area contributed by atoms with E-state index in [4.69, 9.17) is 4.74 Å². The maximum Gasteiger partial charge on any atom is 0.258 e. The molecule has 6 nitrogen and oxygen atoms in total. The monoisotopic (exact) mass is 443 g/mol. The van der Waals surface area contributed by atoms with Gasteiger partial charge in [0.1, 0.15) is 5.75 Å². The van der Waals surface area contributed by atoms with Crippen LogP contribution in [0.2, 0.25) is 0 Å². The van der Waals surface area contributed by atoms with Crippen molar-refractivity contribution in [3.63, 3.8) is 0 Å². The fourth-order valence-electron chi connectivity index (χ4n) is 3.87. The van der Waals surface area contributed by atoms with Gasteiger partial charge in [-0.3, -0.25) is 14.0 Å². The summed E-state index contributed by atoms with van der Waals surface area (Å²) >= 11 is 2.96. The van der Waals surface area contributed by atoms with Gasteiger partial charge in [0.05, 0.1) is 24.6 Å². The first-order valence-electron chi connectivity index (χ1n) is 10.1. The van der Waals surface area contributed by atoms with Crippen LogP contribution in [-0.4, -0.2) is 39.6 Å². The summed E-state index contributed by atoms with van der Waals surface area (Å²) in [5, 5.41) is 1.85. The maximum atomic E-state index is 13.1. The molecule has 1 aliphatic heterocycles. The van der Waals surface area contributed by atoms with E-state index in [9.17, 15) is 9.59 Å². The molecule has 8 heteroatoms. The lowest BCUT2D eigenvalue weighted by Crippen LogP contribution is -2.36. The molecule has 0 N–H and O–H groups in total. The van der Waals surface area contributed by atoms with Gasteiger partial charge in [-0.25, -0.2) is 4.98 Å². The van der Waals surface area contributed by atoms with Gasteiger partial charge < -0.3 is 9.64 Å². The molecule has 0 saturated carbocycles. The number of ether oxygens (including phenoxy) is 1. The molecule has 158 valence electrons. The van der Waals surface area contributed by atoms with Crippen molar-refractivity contribution in [2.45, 2.75) is 37.5 Å². The van der Waals surface area contributed by atoms with Crippen molar-refractivity contribution in [1.82, 2.24) is 14.3 Å². The second kappa shape index (κ2) is 9.66. The zero-order valence-electron chi connectivity index (χ0n) is 17.0. The summed E-state index contributed by atoms with van der Waals surface area (Å²) in [5.41, 5.74) is 1.81. The molecule has 0 radical (unpaired) electrons. The van der Waals surface area contributed by atoms with Gasteiger partial charge in [-0.1, -0.05) is 25.0 Å². The summed E-state index contributed by atoms with van der Waals surface area (Å²) in [5.74, 6) is 1.91. The molecule has 1 aromatic carbocycles. The fraction of sp³-hybridized carbons (Fsp3) is 0.409. The number of rotatable bonds is 6. The Kier molecular flexibility index (Phi) is 6.74. The van der Waals surface area contributed by atoms with Crippen molar-refractivity contribution in [2.75, 3.05) is 19.4 Å². The van der Waals surface area contributed by atoms with Gasteiger partial charge in [-0.2, -0.15) is 0 Å². The number of hydrogen-bond acceptors (Lipinski definition) is 6. The average molecular weight is 444 g/mol. The van der Waals surface area contributed by atoms with Crippen LogP contribution in [0.25, 0.3) is 4.96 Å². The van der Waals surface area contributed by atoms with Gasteiger partial charge in [0, 0.05) is 29.9 Å². The molecule has 0 unspecified atom stereocenters. The predicted molar refractivity (Wildman–Crippen MR) is 121 cm³/mol. The third-order valence-corrected chi connectivity index (χ3v) is 7.11. The predicted octanol–water partition coefficient (Wildman–Crippen LogP) is 4.14. The molecule has 30 heavy (non-hydrogen) atoms. The molecular formula is C22H25N3O3S2. The second-order valence-corrected chi connectivity index (χ2v) is 9.22. The zero-order chi connectivity index (χ0) is 20.9. The van der Waals surface area contributed by atoms with E-state index < -0.39 is 0 Å². The molecule has 2 aromatic heterocycles. The first-order valence-corrected chi connectivity index (χ1v) is 12.2. The Morgan fingerprint density at radius 1 is 1.27 bits per heavy atom. The minimum atomic E-state index is -0.0738. The van der Waals surface area contributed by atoms with Gasteiger partial charge in [-0.15, -0.1) is 23.1 Å². The number of benzene rings is 1. The SMILES string of the molecule is COc1ccc([C@@H]2CCCCCN2C(=O)CSCc2cc(=O)n3ccsc3n2)cc1. The van der Waals surface area contributed by atoms with Crippen molar-refractivity contribution in [1.29, 1.82) is 0 Å². The normalized spacial score (nSPS) is 17.1. The van der Waals surface area contributed by atoms with Crippen LogP contribution >= 0.6 is 23.1 Å². The number of carbonyl (C=O) groups is 1. The highest BCUT2D eigenvalue weighted by Crippen LogP contribution is 2.31. The van der Waals surface area contributed by atoms with Crippen LogP contribution < -0.4 is 10.3 Å². The molecule has 3 aromatic rings. The van der Waals surface area contributed by atoms with Crippen LogP contribution in [0.15, 0.2) is 46.7 Å². The van der Waals surface area contributed by atoms with E-state index in [1.807, 2.05) is 22.4 Å². The molecule has 1 fully saturated rings. The molecule has 1 saturated heterocycles. The van der Waals surface area contributed by atoms with E-state index in [0.717, 1.165) is 49.2 Å². The van der Waals surface area contributed by atoms with Crippen LogP contribution in [-0.2, 0) is 10.5 Å². The number of fused-ring (bicyclic) bond motifs is 1. The van der Waals surface area contributed by atoms with E-state index in [2.05, 4.69) is 17.1 Å². The summed E-state index contributed by atoms with van der Waals surface area (Å²) in [6, 6.07) is 9.72. The lowest BCUT2D eigenvalue weighted by molar-refractivity contribution is -0.130. The minimum absolute atomic E-state index is 0.0738. The number of methoxy groups -OCH3 is 1. The summed E-state index contributed by atoms with van der Waals surface area (Å²) in [6.07, 6.45) is 6.03. The minimum Gasteiger partial charge on any atom is -0.497 e. The molecule has 3 heterocycles. The zero-order valence-corrected chi connectivity index (χ0v) is 18.6. The quantitative estimate of drug-likeness (QED) is 0.573. The third-order valence-electron chi connectivity index (χ3n) is 5.41. The standard InChI is InChI=1S/C22H25N3O3S2/c1-28-18-8-6-16(7-9-18)19-5-3-2-4-10-24(19)21(27)15-29-14-17-13-20(26)25-11-12-30-22(25)23-17/h6-9,11-13,19H,2-5,10,14-15H2,1H3/t19-/m0/s1. The van der Waals surface area contributed by atoms with Gasteiger partial charge in [0.2, 0.25) is 5.91 Å². The Balaban J connectivity index is 1.42. The largest absolute Gasteiger partial charge is 0.497 e. The van der Waals surface area contributed by atoms with Gasteiger partial charge in [0.15, 0.2) is 4.96 Å². The van der Waals surface area contributed by atoms with Crippen LogP contribution in [0.3, 0.4) is 0 Å². The number of aromatic nitrogens is 2. The number of thiazole rings is 1. The van der Waals surface area contributed by atoms with Crippen LogP contribution in [0.1, 0.15) is 43.0 Å². The van der Waals surface area contributed by atoms with Crippen molar-refractivity contribution >= 4 is 34.0 Å². The smallest absolute Gasteiger partial charge is 0.258 e. The molecular weight excluding hydrogens is 418 g/mol. The topological polar surface area (TPSA) is 63.9 Å². The van der Waals surface area contributed by atoms with Crippen molar-refractivity contribution in [3.8, 4) is 5.75 Å². The van der Waals surface area contributed by atoms with Crippen LogP contribution in [0.4, 0.5) is 0 Å². The molecule has 0 spiro atoms. The van der Waals surface area contributed by atoms with E-state index >= 15 is 0 Å². The Labute approximate surface area is 183 Å². The number of carbonyl (C=O) groups excluding carboxylic acids is 1. The van der Waals surface area contributed by atoms with E-state index in [0.29, 0.717) is 16.5 Å². The average Bonchev–Trinajstić information content (AvgIpc) is 3.10. The molecule has 1 amide bonds. The number of amides is 1. The third kappa shape index (κ3) is 4.70. The number of thioether (sulfide) groups is 1. The molecule has 0 bridgehead atoms. The Bertz CT molecular complexity index is 1060. The highest BCUT2D eigenvalue weighted by molar-refractivity contribution is 7.99. The maximum absolute atomic E-state index is 13.1. The Hall–Kier alpha value is -2.32. The number of likely N-dealkylation sites (tertiary alicyclic amines) is 1. The number of nitrogens with zero attached hydrogens (tertiary/aromatic N) is 3. The van der Waals surface area contributed by atoms with Crippen molar-refractivity contribution in [2.24, 2.45) is 0 Å². The first-order chi connectivity index (χ1) is 14.7. The fourth-order valence-corrected chi connectivity index (χ4v) is 5.41. The number of hydrogen-bond donors (Lipinski definition) is 0. The molecule has 1 atom stereocenters. The van der Waals surface area contributed by atoms with E-state index in [1.165, 1.54) is 23.1 Å².